The molecule has 0 aliphatic carbocycles. The van der Waals surface area contributed by atoms with Crippen molar-refractivity contribution in [2.75, 3.05) is 6.54 Å². The first kappa shape index (κ1) is 11.7. The van der Waals surface area contributed by atoms with E-state index in [1.54, 1.807) is 12.1 Å². The number of hydrogen-bond donors (Lipinski definition) is 1. The Bertz CT molecular complexity index is 299. The van der Waals surface area contributed by atoms with Crippen molar-refractivity contribution in [3.63, 3.8) is 0 Å². The lowest BCUT2D eigenvalue weighted by Crippen LogP contribution is -2.20. The van der Waals surface area contributed by atoms with Crippen LogP contribution < -0.4 is 10.3 Å². The summed E-state index contributed by atoms with van der Waals surface area (Å²) >= 11 is 0. The third-order valence-corrected chi connectivity index (χ3v) is 2.11. The molecule has 1 aromatic rings. The smallest absolute Gasteiger partial charge is 0.157 e. The predicted molar refractivity (Wildman–Crippen MR) is 60.0 cm³/mol. The van der Waals surface area contributed by atoms with E-state index in [-0.39, 0.29) is 0 Å². The summed E-state index contributed by atoms with van der Waals surface area (Å²) in [5, 5.41) is 0. The molecule has 0 amide bonds. The molecular weight excluding hydrogens is 190 g/mol. The number of nitrogens with one attached hydrogen (secondary N) is 1. The second-order valence-electron chi connectivity index (χ2n) is 3.36. The Morgan fingerprint density at radius 1 is 1.33 bits per heavy atom. The fourth-order valence-electron chi connectivity index (χ4n) is 1.25. The first-order valence-corrected chi connectivity index (χ1v) is 5.32. The van der Waals surface area contributed by atoms with Gasteiger partial charge in [-0.05, 0) is 18.6 Å². The Labute approximate surface area is 90.4 Å². The monoisotopic (exact) mass is 207 g/mol. The number of hydroxylamine groups is 1. The van der Waals surface area contributed by atoms with Crippen molar-refractivity contribution in [2.24, 2.45) is 0 Å². The molecule has 3 nitrogen and oxygen atoms in total. The molecular formula is C12H17NO2. The molecule has 0 radical (unpaired) electrons. The summed E-state index contributed by atoms with van der Waals surface area (Å²) in [5.74, 6) is 0.587. The van der Waals surface area contributed by atoms with Crippen LogP contribution in [0.1, 0.15) is 36.5 Å². The first-order valence-electron chi connectivity index (χ1n) is 5.32. The van der Waals surface area contributed by atoms with Crippen LogP contribution in [0.2, 0.25) is 0 Å². The van der Waals surface area contributed by atoms with E-state index >= 15 is 0 Å². The molecule has 0 fully saturated rings. The van der Waals surface area contributed by atoms with E-state index < -0.39 is 0 Å². The molecule has 1 aromatic carbocycles. The Hall–Kier alpha value is -1.35. The fraction of sp³-hybridized carbons (Fsp3) is 0.417. The largest absolute Gasteiger partial charge is 0.408 e. The van der Waals surface area contributed by atoms with Gasteiger partial charge in [-0.25, -0.2) is 0 Å². The molecule has 3 heteroatoms. The number of rotatable bonds is 7. The SMILES string of the molecule is CCCCCNOc1ccccc1C=O. The number of carbonyl (C=O) groups excluding carboxylic acids is 1. The van der Waals surface area contributed by atoms with Gasteiger partial charge in [0.1, 0.15) is 0 Å². The van der Waals surface area contributed by atoms with Gasteiger partial charge < -0.3 is 4.84 Å². The van der Waals surface area contributed by atoms with Gasteiger partial charge in [0.25, 0.3) is 0 Å². The van der Waals surface area contributed by atoms with Gasteiger partial charge in [0.2, 0.25) is 0 Å². The highest BCUT2D eigenvalue weighted by Gasteiger charge is 2.00. The number of hydrogen-bond acceptors (Lipinski definition) is 3. The van der Waals surface area contributed by atoms with Crippen LogP contribution in [0.4, 0.5) is 0 Å². The van der Waals surface area contributed by atoms with Gasteiger partial charge >= 0.3 is 0 Å². The lowest BCUT2D eigenvalue weighted by atomic mass is 10.2. The summed E-state index contributed by atoms with van der Waals surface area (Å²) < 4.78 is 0. The third-order valence-electron chi connectivity index (χ3n) is 2.11. The molecule has 15 heavy (non-hydrogen) atoms. The van der Waals surface area contributed by atoms with E-state index in [0.29, 0.717) is 11.3 Å². The van der Waals surface area contributed by atoms with Gasteiger partial charge in [-0.15, -0.1) is 0 Å². The van der Waals surface area contributed by atoms with Crippen LogP contribution in [0.5, 0.6) is 5.75 Å². The van der Waals surface area contributed by atoms with E-state index in [2.05, 4.69) is 12.4 Å². The van der Waals surface area contributed by atoms with Gasteiger partial charge in [0.15, 0.2) is 12.0 Å². The number of benzene rings is 1. The number of carbonyl (C=O) groups is 1. The van der Waals surface area contributed by atoms with E-state index in [1.807, 2.05) is 12.1 Å². The van der Waals surface area contributed by atoms with Gasteiger partial charge in [-0.3, -0.25) is 4.79 Å². The minimum atomic E-state index is 0.570. The normalized spacial score (nSPS) is 9.93. The Morgan fingerprint density at radius 2 is 2.13 bits per heavy atom. The zero-order valence-corrected chi connectivity index (χ0v) is 9.03. The Kier molecular flexibility index (Phi) is 5.48. The molecule has 0 aliphatic rings. The highest BCUT2D eigenvalue weighted by molar-refractivity contribution is 5.79. The molecule has 82 valence electrons. The average molecular weight is 207 g/mol. The van der Waals surface area contributed by atoms with Crippen LogP contribution in [0.25, 0.3) is 0 Å². The fourth-order valence-corrected chi connectivity index (χ4v) is 1.25. The summed E-state index contributed by atoms with van der Waals surface area (Å²) in [6.07, 6.45) is 4.25. The van der Waals surface area contributed by atoms with E-state index in [9.17, 15) is 4.79 Å². The molecule has 0 aromatic heterocycles. The van der Waals surface area contributed by atoms with Crippen LogP contribution in [-0.2, 0) is 0 Å². The zero-order chi connectivity index (χ0) is 10.9. The highest BCUT2D eigenvalue weighted by atomic mass is 16.6. The zero-order valence-electron chi connectivity index (χ0n) is 9.03. The second kappa shape index (κ2) is 7.01. The molecule has 0 saturated carbocycles. The predicted octanol–water partition coefficient (Wildman–Crippen LogP) is 2.57. The standard InChI is InChI=1S/C12H17NO2/c1-2-3-6-9-13-15-12-8-5-4-7-11(12)10-14/h4-5,7-8,10,13H,2-3,6,9H2,1H3. The Balaban J connectivity index is 2.33. The first-order chi connectivity index (χ1) is 7.38. The van der Waals surface area contributed by atoms with E-state index in [4.69, 9.17) is 4.84 Å². The van der Waals surface area contributed by atoms with Crippen molar-refractivity contribution in [1.82, 2.24) is 5.48 Å². The van der Waals surface area contributed by atoms with Crippen molar-refractivity contribution in [2.45, 2.75) is 26.2 Å². The molecule has 0 saturated heterocycles. The minimum absolute atomic E-state index is 0.570. The van der Waals surface area contributed by atoms with Gasteiger partial charge in [0, 0.05) is 6.54 Å². The van der Waals surface area contributed by atoms with Crippen molar-refractivity contribution in [1.29, 1.82) is 0 Å². The number of para-hydroxylation sites is 1. The topological polar surface area (TPSA) is 38.3 Å². The molecule has 0 heterocycles. The second-order valence-corrected chi connectivity index (χ2v) is 3.36. The molecule has 0 unspecified atom stereocenters. The maximum Gasteiger partial charge on any atom is 0.157 e. The number of unbranched alkanes of at least 4 members (excludes halogenated alkanes) is 2. The summed E-state index contributed by atoms with van der Waals surface area (Å²) in [7, 11) is 0. The lowest BCUT2D eigenvalue weighted by molar-refractivity contribution is 0.111. The quantitative estimate of drug-likeness (QED) is 0.424. The van der Waals surface area contributed by atoms with Crippen molar-refractivity contribution in [3.8, 4) is 5.75 Å². The average Bonchev–Trinajstić information content (AvgIpc) is 2.29. The minimum Gasteiger partial charge on any atom is -0.408 e. The van der Waals surface area contributed by atoms with Gasteiger partial charge in [-0.1, -0.05) is 31.9 Å². The maximum absolute atomic E-state index is 10.7. The summed E-state index contributed by atoms with van der Waals surface area (Å²) in [6.45, 7) is 2.96. The number of aldehydes is 1. The van der Waals surface area contributed by atoms with Gasteiger partial charge in [-0.2, -0.15) is 5.48 Å². The van der Waals surface area contributed by atoms with E-state index in [1.165, 1.54) is 12.8 Å². The summed E-state index contributed by atoms with van der Waals surface area (Å²) in [6, 6.07) is 7.16. The van der Waals surface area contributed by atoms with Crippen LogP contribution >= 0.6 is 0 Å². The molecule has 1 N–H and O–H groups in total. The molecule has 0 bridgehead atoms. The highest BCUT2D eigenvalue weighted by Crippen LogP contribution is 2.14. The van der Waals surface area contributed by atoms with Crippen LogP contribution in [0.15, 0.2) is 24.3 Å². The maximum atomic E-state index is 10.7. The summed E-state index contributed by atoms with van der Waals surface area (Å²) in [4.78, 5) is 15.9. The molecule has 0 atom stereocenters. The van der Waals surface area contributed by atoms with Crippen molar-refractivity contribution < 1.29 is 9.63 Å². The Morgan fingerprint density at radius 3 is 2.87 bits per heavy atom. The molecule has 0 spiro atoms. The van der Waals surface area contributed by atoms with Crippen molar-refractivity contribution >= 4 is 6.29 Å². The van der Waals surface area contributed by atoms with Crippen LogP contribution in [0.3, 0.4) is 0 Å². The van der Waals surface area contributed by atoms with Crippen LogP contribution in [0, 0.1) is 0 Å². The van der Waals surface area contributed by atoms with E-state index in [0.717, 1.165) is 19.3 Å². The molecule has 0 aliphatic heterocycles. The molecule has 1 rings (SSSR count). The summed E-state index contributed by atoms with van der Waals surface area (Å²) in [5.41, 5.74) is 3.42. The van der Waals surface area contributed by atoms with Crippen LogP contribution in [-0.4, -0.2) is 12.8 Å². The van der Waals surface area contributed by atoms with Crippen molar-refractivity contribution in [3.05, 3.63) is 29.8 Å². The van der Waals surface area contributed by atoms with Gasteiger partial charge in [0.05, 0.1) is 5.56 Å². The lowest BCUT2D eigenvalue weighted by Gasteiger charge is -2.08. The third kappa shape index (κ3) is 4.13.